The molecule has 0 aromatic heterocycles. The van der Waals surface area contributed by atoms with Crippen LogP contribution in [0.15, 0.2) is 0 Å². The molecular weight excluding hydrogens is 278 g/mol. The van der Waals surface area contributed by atoms with Crippen molar-refractivity contribution in [1.29, 1.82) is 0 Å². The number of nitrogens with two attached hydrogens (primary N) is 1. The van der Waals surface area contributed by atoms with Gasteiger partial charge in [-0.15, -0.1) is 0 Å². The van der Waals surface area contributed by atoms with Gasteiger partial charge in [0.1, 0.15) is 0 Å². The van der Waals surface area contributed by atoms with Gasteiger partial charge in [-0.1, -0.05) is 13.8 Å². The molecule has 0 spiro atoms. The zero-order valence-corrected chi connectivity index (χ0v) is 13.8. The average Bonchev–Trinajstić information content (AvgIpc) is 3.05. The molecule has 3 rings (SSSR count). The minimum Gasteiger partial charge on any atom is -0.369 e. The molecule has 5 nitrogen and oxygen atoms in total. The fourth-order valence-electron chi connectivity index (χ4n) is 4.34. The van der Waals surface area contributed by atoms with E-state index in [0.29, 0.717) is 12.0 Å². The summed E-state index contributed by atoms with van der Waals surface area (Å²) in [7, 11) is 0. The van der Waals surface area contributed by atoms with Crippen LogP contribution in [0, 0.1) is 23.2 Å². The molecule has 5 heteroatoms. The molecule has 3 N–H and O–H groups in total. The predicted molar refractivity (Wildman–Crippen MR) is 85.0 cm³/mol. The first-order valence-corrected chi connectivity index (χ1v) is 8.70. The monoisotopic (exact) mass is 307 g/mol. The van der Waals surface area contributed by atoms with Gasteiger partial charge in [-0.05, 0) is 56.3 Å². The van der Waals surface area contributed by atoms with E-state index in [1.54, 1.807) is 0 Å². The maximum Gasteiger partial charge on any atom is 0.317 e. The molecule has 3 unspecified atom stereocenters. The smallest absolute Gasteiger partial charge is 0.317 e. The quantitative estimate of drug-likeness (QED) is 0.834. The molecular formula is C17H29N3O2. The van der Waals surface area contributed by atoms with E-state index in [4.69, 9.17) is 5.73 Å². The molecule has 0 aromatic carbocycles. The van der Waals surface area contributed by atoms with Crippen molar-refractivity contribution in [3.05, 3.63) is 0 Å². The van der Waals surface area contributed by atoms with E-state index < -0.39 is 5.41 Å². The molecule has 0 radical (unpaired) electrons. The van der Waals surface area contributed by atoms with Crippen LogP contribution in [0.4, 0.5) is 4.79 Å². The number of piperidine rings is 1. The van der Waals surface area contributed by atoms with E-state index in [2.05, 4.69) is 5.32 Å². The number of primary amides is 1. The second-order valence-corrected chi connectivity index (χ2v) is 8.28. The molecule has 3 amide bonds. The Balaban J connectivity index is 1.49. The van der Waals surface area contributed by atoms with E-state index in [9.17, 15) is 9.59 Å². The molecule has 3 atom stereocenters. The SMILES string of the molecule is CC(C)(CC1CCCN(C(=O)NC2CC3CC3C2)C1)C(N)=O. The number of urea groups is 1. The molecule has 124 valence electrons. The molecule has 3 aliphatic rings. The number of rotatable bonds is 4. The lowest BCUT2D eigenvalue weighted by molar-refractivity contribution is -0.127. The van der Waals surface area contributed by atoms with Gasteiger partial charge in [0.25, 0.3) is 0 Å². The fourth-order valence-corrected chi connectivity index (χ4v) is 4.34. The van der Waals surface area contributed by atoms with E-state index >= 15 is 0 Å². The largest absolute Gasteiger partial charge is 0.369 e. The maximum atomic E-state index is 12.4. The number of carbonyl (C=O) groups is 2. The molecule has 2 aliphatic carbocycles. The van der Waals surface area contributed by atoms with Crippen LogP contribution in [0.25, 0.3) is 0 Å². The highest BCUT2D eigenvalue weighted by molar-refractivity contribution is 5.80. The standard InChI is InChI=1S/C17H29N3O2/c1-17(2,15(18)21)9-11-4-3-5-20(10-11)16(22)19-14-7-12-6-13(12)8-14/h11-14H,3-10H2,1-2H3,(H2,18,21)(H,19,22). The minimum absolute atomic E-state index is 0.0906. The molecule has 1 aliphatic heterocycles. The number of fused-ring (bicyclic) bond motifs is 1. The summed E-state index contributed by atoms with van der Waals surface area (Å²) >= 11 is 0. The Morgan fingerprint density at radius 3 is 2.55 bits per heavy atom. The Kier molecular flexibility index (Phi) is 4.08. The van der Waals surface area contributed by atoms with Crippen molar-refractivity contribution in [2.24, 2.45) is 28.9 Å². The zero-order chi connectivity index (χ0) is 15.9. The lowest BCUT2D eigenvalue weighted by atomic mass is 9.79. The van der Waals surface area contributed by atoms with E-state index in [-0.39, 0.29) is 11.9 Å². The normalized spacial score (nSPS) is 34.2. The highest BCUT2D eigenvalue weighted by Crippen LogP contribution is 2.51. The van der Waals surface area contributed by atoms with Gasteiger partial charge >= 0.3 is 6.03 Å². The van der Waals surface area contributed by atoms with Gasteiger partial charge < -0.3 is 16.0 Å². The topological polar surface area (TPSA) is 75.4 Å². The Labute approximate surface area is 133 Å². The van der Waals surface area contributed by atoms with Crippen LogP contribution >= 0.6 is 0 Å². The summed E-state index contributed by atoms with van der Waals surface area (Å²) < 4.78 is 0. The van der Waals surface area contributed by atoms with Crippen LogP contribution in [0.3, 0.4) is 0 Å². The van der Waals surface area contributed by atoms with Gasteiger partial charge in [0.15, 0.2) is 0 Å². The molecule has 0 aromatic rings. The summed E-state index contributed by atoms with van der Waals surface area (Å²) in [6.45, 7) is 5.39. The summed E-state index contributed by atoms with van der Waals surface area (Å²) in [4.78, 5) is 25.9. The van der Waals surface area contributed by atoms with Gasteiger partial charge in [0.05, 0.1) is 0 Å². The lowest BCUT2D eigenvalue weighted by Crippen LogP contribution is -2.49. The third-order valence-electron chi connectivity index (χ3n) is 5.84. The summed E-state index contributed by atoms with van der Waals surface area (Å²) in [5.41, 5.74) is 4.99. The second-order valence-electron chi connectivity index (χ2n) is 8.28. The minimum atomic E-state index is -0.489. The average molecular weight is 307 g/mol. The second kappa shape index (κ2) is 5.74. The van der Waals surface area contributed by atoms with Gasteiger partial charge in [0.2, 0.25) is 5.91 Å². The Bertz CT molecular complexity index is 453. The third kappa shape index (κ3) is 3.39. The first-order valence-electron chi connectivity index (χ1n) is 8.70. The van der Waals surface area contributed by atoms with Crippen LogP contribution in [-0.2, 0) is 4.79 Å². The predicted octanol–water partition coefficient (Wildman–Crippen LogP) is 2.11. The van der Waals surface area contributed by atoms with Crippen molar-refractivity contribution in [1.82, 2.24) is 10.2 Å². The molecule has 1 heterocycles. The Hall–Kier alpha value is -1.26. The Morgan fingerprint density at radius 1 is 1.23 bits per heavy atom. The highest BCUT2D eigenvalue weighted by atomic mass is 16.2. The number of nitrogens with one attached hydrogen (secondary N) is 1. The van der Waals surface area contributed by atoms with Crippen molar-refractivity contribution in [2.45, 2.75) is 58.4 Å². The van der Waals surface area contributed by atoms with Gasteiger partial charge in [-0.25, -0.2) is 4.79 Å². The number of amides is 3. The number of likely N-dealkylation sites (tertiary alicyclic amines) is 1. The lowest BCUT2D eigenvalue weighted by Gasteiger charge is -2.36. The first-order chi connectivity index (χ1) is 10.3. The number of hydrogen-bond donors (Lipinski definition) is 2. The van der Waals surface area contributed by atoms with Crippen molar-refractivity contribution >= 4 is 11.9 Å². The van der Waals surface area contributed by atoms with Crippen molar-refractivity contribution in [2.75, 3.05) is 13.1 Å². The fraction of sp³-hybridized carbons (Fsp3) is 0.882. The zero-order valence-electron chi connectivity index (χ0n) is 13.8. The summed E-state index contributed by atoms with van der Waals surface area (Å²) in [6, 6.07) is 0.478. The van der Waals surface area contributed by atoms with Crippen LogP contribution in [0.1, 0.15) is 52.4 Å². The van der Waals surface area contributed by atoms with Gasteiger partial charge in [-0.3, -0.25) is 4.79 Å². The summed E-state index contributed by atoms with van der Waals surface area (Å²) in [6.07, 6.45) is 6.57. The van der Waals surface area contributed by atoms with E-state index in [1.165, 1.54) is 19.3 Å². The van der Waals surface area contributed by atoms with Crippen molar-refractivity contribution in [3.63, 3.8) is 0 Å². The van der Waals surface area contributed by atoms with Crippen molar-refractivity contribution < 1.29 is 9.59 Å². The number of hydrogen-bond acceptors (Lipinski definition) is 2. The number of carbonyl (C=O) groups excluding carboxylic acids is 2. The Morgan fingerprint density at radius 2 is 1.91 bits per heavy atom. The van der Waals surface area contributed by atoms with E-state index in [0.717, 1.165) is 44.2 Å². The van der Waals surface area contributed by atoms with Gasteiger partial charge in [-0.2, -0.15) is 0 Å². The van der Waals surface area contributed by atoms with Crippen LogP contribution < -0.4 is 11.1 Å². The maximum absolute atomic E-state index is 12.4. The molecule has 1 saturated heterocycles. The van der Waals surface area contributed by atoms with E-state index in [1.807, 2.05) is 18.7 Å². The molecule has 2 saturated carbocycles. The highest BCUT2D eigenvalue weighted by Gasteiger charge is 2.46. The van der Waals surface area contributed by atoms with Gasteiger partial charge in [0, 0.05) is 24.5 Å². The molecule has 0 bridgehead atoms. The first kappa shape index (κ1) is 15.6. The number of nitrogens with zero attached hydrogens (tertiary/aromatic N) is 1. The van der Waals surface area contributed by atoms with Crippen LogP contribution in [0.2, 0.25) is 0 Å². The summed E-state index contributed by atoms with van der Waals surface area (Å²) in [5, 5.41) is 3.21. The van der Waals surface area contributed by atoms with Crippen LogP contribution in [-0.4, -0.2) is 36.0 Å². The third-order valence-corrected chi connectivity index (χ3v) is 5.84. The van der Waals surface area contributed by atoms with Crippen molar-refractivity contribution in [3.8, 4) is 0 Å². The molecule has 22 heavy (non-hydrogen) atoms. The summed E-state index contributed by atoms with van der Waals surface area (Å²) in [5.74, 6) is 1.89. The molecule has 3 fully saturated rings. The van der Waals surface area contributed by atoms with Crippen LogP contribution in [0.5, 0.6) is 0 Å².